The molecule has 0 radical (unpaired) electrons. The fourth-order valence-corrected chi connectivity index (χ4v) is 1.42. The molecule has 0 atom stereocenters. The van der Waals surface area contributed by atoms with Crippen molar-refractivity contribution in [2.45, 2.75) is 33.6 Å². The van der Waals surface area contributed by atoms with Crippen LogP contribution in [-0.2, 0) is 28.7 Å². The van der Waals surface area contributed by atoms with Gasteiger partial charge in [-0.25, -0.2) is 4.79 Å². The number of amides is 1. The molecule has 0 rings (SSSR count). The number of hydrogen-bond donors (Lipinski definition) is 1. The zero-order chi connectivity index (χ0) is 21.4. The molecule has 0 saturated carbocycles. The van der Waals surface area contributed by atoms with Crippen LogP contribution in [0.5, 0.6) is 0 Å². The lowest BCUT2D eigenvalue weighted by atomic mass is 10.3. The van der Waals surface area contributed by atoms with E-state index in [0.29, 0.717) is 5.57 Å². The second-order valence-corrected chi connectivity index (χ2v) is 6.21. The van der Waals surface area contributed by atoms with Crippen molar-refractivity contribution < 1.29 is 28.7 Å². The molecule has 1 N–H and O–H groups in total. The minimum atomic E-state index is -0.617. The van der Waals surface area contributed by atoms with Crippen LogP contribution in [0.2, 0.25) is 0 Å². The van der Waals surface area contributed by atoms with Gasteiger partial charge < -0.3 is 19.7 Å². The molecule has 8 nitrogen and oxygen atoms in total. The van der Waals surface area contributed by atoms with Crippen LogP contribution in [0.15, 0.2) is 24.3 Å². The molecular formula is C19H32N2O6. The van der Waals surface area contributed by atoms with Crippen molar-refractivity contribution in [3.05, 3.63) is 24.3 Å². The van der Waals surface area contributed by atoms with E-state index < -0.39 is 11.9 Å². The van der Waals surface area contributed by atoms with Gasteiger partial charge in [0, 0.05) is 17.7 Å². The third-order valence-corrected chi connectivity index (χ3v) is 2.78. The first kappa shape index (κ1) is 26.7. The van der Waals surface area contributed by atoms with Crippen molar-refractivity contribution in [1.82, 2.24) is 10.2 Å². The van der Waals surface area contributed by atoms with Crippen LogP contribution in [-0.4, -0.2) is 68.9 Å². The standard InChI is InChI=1S/C10H14O5.C9H18N2O/c1-7(2)10(13)15-5-4-14-9(12)6-8(3)11;1-8(2)9(12)10-6-5-7-11(3)4/h1,4-6H2,2-3H3;1,5-7H2,2-4H3,(H,10,12). The third-order valence-electron chi connectivity index (χ3n) is 2.78. The van der Waals surface area contributed by atoms with Gasteiger partial charge in [0.25, 0.3) is 0 Å². The maximum atomic E-state index is 11.0. The van der Waals surface area contributed by atoms with Gasteiger partial charge in [0.1, 0.15) is 25.4 Å². The van der Waals surface area contributed by atoms with Crippen molar-refractivity contribution in [1.29, 1.82) is 0 Å². The predicted octanol–water partition coefficient (Wildman–Crippen LogP) is 1.26. The summed E-state index contributed by atoms with van der Waals surface area (Å²) < 4.78 is 9.27. The van der Waals surface area contributed by atoms with Gasteiger partial charge in [-0.05, 0) is 47.8 Å². The molecular weight excluding hydrogens is 352 g/mol. The fraction of sp³-hybridized carbons (Fsp3) is 0.579. The first-order valence-electron chi connectivity index (χ1n) is 8.53. The number of carbonyl (C=O) groups is 4. The van der Waals surface area contributed by atoms with E-state index in [2.05, 4.69) is 32.8 Å². The molecule has 0 aromatic heterocycles. The molecule has 0 aliphatic rings. The molecule has 0 spiro atoms. The fourth-order valence-electron chi connectivity index (χ4n) is 1.42. The Kier molecular flexibility index (Phi) is 15.6. The van der Waals surface area contributed by atoms with Crippen LogP contribution in [0.1, 0.15) is 33.6 Å². The van der Waals surface area contributed by atoms with E-state index >= 15 is 0 Å². The Morgan fingerprint density at radius 2 is 1.48 bits per heavy atom. The SMILES string of the molecule is C=C(C)C(=O)NCCCN(C)C.C=C(C)C(=O)OCCOC(=O)CC(C)=O. The molecule has 1 amide bonds. The minimum absolute atomic E-state index is 0.0324. The monoisotopic (exact) mass is 384 g/mol. The number of nitrogens with zero attached hydrogens (tertiary/aromatic N) is 1. The van der Waals surface area contributed by atoms with Crippen molar-refractivity contribution in [2.75, 3.05) is 40.4 Å². The summed E-state index contributed by atoms with van der Waals surface area (Å²) in [6.07, 6.45) is 0.723. The molecule has 0 saturated heterocycles. The summed E-state index contributed by atoms with van der Waals surface area (Å²) in [6.45, 7) is 13.1. The Balaban J connectivity index is 0. The van der Waals surface area contributed by atoms with E-state index in [4.69, 9.17) is 0 Å². The van der Waals surface area contributed by atoms with Gasteiger partial charge in [-0.1, -0.05) is 13.2 Å². The predicted molar refractivity (Wildman–Crippen MR) is 103 cm³/mol. The number of carbonyl (C=O) groups excluding carboxylic acids is 4. The lowest BCUT2D eigenvalue weighted by Gasteiger charge is -2.09. The highest BCUT2D eigenvalue weighted by Gasteiger charge is 2.07. The average molecular weight is 384 g/mol. The summed E-state index contributed by atoms with van der Waals surface area (Å²) >= 11 is 0. The van der Waals surface area contributed by atoms with Gasteiger partial charge in [0.05, 0.1) is 0 Å². The Hall–Kier alpha value is -2.48. The molecule has 0 aromatic carbocycles. The number of rotatable bonds is 11. The summed E-state index contributed by atoms with van der Waals surface area (Å²) in [5.41, 5.74) is 0.852. The van der Waals surface area contributed by atoms with Crippen molar-refractivity contribution in [2.24, 2.45) is 0 Å². The third kappa shape index (κ3) is 19.7. The molecule has 8 heteroatoms. The molecule has 0 aliphatic heterocycles. The largest absolute Gasteiger partial charge is 0.462 e. The number of ether oxygens (including phenoxy) is 2. The van der Waals surface area contributed by atoms with Crippen LogP contribution >= 0.6 is 0 Å². The van der Waals surface area contributed by atoms with E-state index in [1.807, 2.05) is 14.1 Å². The number of Topliss-reactive ketones (excluding diaryl/α,β-unsaturated/α-hetero) is 1. The van der Waals surface area contributed by atoms with E-state index in [0.717, 1.165) is 19.5 Å². The van der Waals surface area contributed by atoms with Crippen LogP contribution in [0, 0.1) is 0 Å². The quantitative estimate of drug-likeness (QED) is 0.248. The molecule has 0 bridgehead atoms. The van der Waals surface area contributed by atoms with E-state index in [-0.39, 0.29) is 36.9 Å². The van der Waals surface area contributed by atoms with Gasteiger partial charge in [0.15, 0.2) is 0 Å². The summed E-state index contributed by atoms with van der Waals surface area (Å²) in [4.78, 5) is 45.2. The number of esters is 2. The van der Waals surface area contributed by atoms with E-state index in [1.165, 1.54) is 13.8 Å². The summed E-state index contributed by atoms with van der Waals surface area (Å²) in [5.74, 6) is -1.46. The van der Waals surface area contributed by atoms with Crippen molar-refractivity contribution in [3.8, 4) is 0 Å². The van der Waals surface area contributed by atoms with Crippen molar-refractivity contribution in [3.63, 3.8) is 0 Å². The highest BCUT2D eigenvalue weighted by molar-refractivity contribution is 5.94. The molecule has 27 heavy (non-hydrogen) atoms. The van der Waals surface area contributed by atoms with Crippen LogP contribution in [0.4, 0.5) is 0 Å². The first-order valence-corrected chi connectivity index (χ1v) is 8.53. The first-order chi connectivity index (χ1) is 12.5. The Bertz CT molecular complexity index is 540. The van der Waals surface area contributed by atoms with Gasteiger partial charge in [-0.3, -0.25) is 14.4 Å². The maximum Gasteiger partial charge on any atom is 0.333 e. The van der Waals surface area contributed by atoms with Gasteiger partial charge in [0.2, 0.25) is 5.91 Å². The van der Waals surface area contributed by atoms with Crippen LogP contribution < -0.4 is 5.32 Å². The summed E-state index contributed by atoms with van der Waals surface area (Å²) in [5, 5.41) is 2.77. The van der Waals surface area contributed by atoms with E-state index in [9.17, 15) is 19.2 Å². The number of ketones is 1. The van der Waals surface area contributed by atoms with Crippen molar-refractivity contribution >= 4 is 23.6 Å². The lowest BCUT2D eigenvalue weighted by Crippen LogP contribution is -2.27. The summed E-state index contributed by atoms with van der Waals surface area (Å²) in [6, 6.07) is 0. The Morgan fingerprint density at radius 3 is 1.93 bits per heavy atom. The second-order valence-electron chi connectivity index (χ2n) is 6.21. The maximum absolute atomic E-state index is 11.0. The topological polar surface area (TPSA) is 102 Å². The van der Waals surface area contributed by atoms with Gasteiger partial charge in [-0.15, -0.1) is 0 Å². The van der Waals surface area contributed by atoms with Crippen LogP contribution in [0.3, 0.4) is 0 Å². The normalized spacial score (nSPS) is 9.56. The highest BCUT2D eigenvalue weighted by atomic mass is 16.6. The highest BCUT2D eigenvalue weighted by Crippen LogP contribution is 1.93. The molecule has 0 unspecified atom stereocenters. The van der Waals surface area contributed by atoms with E-state index in [1.54, 1.807) is 6.92 Å². The minimum Gasteiger partial charge on any atom is -0.462 e. The lowest BCUT2D eigenvalue weighted by molar-refractivity contribution is -0.151. The number of hydrogen-bond acceptors (Lipinski definition) is 7. The second kappa shape index (κ2) is 15.7. The average Bonchev–Trinajstić information content (AvgIpc) is 2.54. The smallest absolute Gasteiger partial charge is 0.333 e. The zero-order valence-corrected chi connectivity index (χ0v) is 17.1. The Labute approximate surface area is 161 Å². The molecule has 0 heterocycles. The Morgan fingerprint density at radius 1 is 0.926 bits per heavy atom. The molecule has 154 valence electrons. The summed E-state index contributed by atoms with van der Waals surface area (Å²) in [7, 11) is 4.03. The van der Waals surface area contributed by atoms with Gasteiger partial charge in [-0.2, -0.15) is 0 Å². The molecule has 0 aromatic rings. The zero-order valence-electron chi connectivity index (χ0n) is 17.1. The van der Waals surface area contributed by atoms with Gasteiger partial charge >= 0.3 is 11.9 Å². The molecule has 0 aliphatic carbocycles. The molecule has 0 fully saturated rings. The number of nitrogens with one attached hydrogen (secondary N) is 1. The van der Waals surface area contributed by atoms with Crippen LogP contribution in [0.25, 0.3) is 0 Å².